The van der Waals surface area contributed by atoms with E-state index in [1.807, 2.05) is 13.8 Å². The van der Waals surface area contributed by atoms with Crippen LogP contribution in [0.3, 0.4) is 0 Å². The van der Waals surface area contributed by atoms with E-state index in [0.717, 1.165) is 0 Å². The van der Waals surface area contributed by atoms with Gasteiger partial charge in [-0.25, -0.2) is 9.78 Å². The molecule has 6 nitrogen and oxygen atoms in total. The Kier molecular flexibility index (Phi) is 2.87. The molecule has 1 aliphatic rings. The number of aromatic nitrogens is 2. The lowest BCUT2D eigenvalue weighted by atomic mass is 10.2. The highest BCUT2D eigenvalue weighted by Gasteiger charge is 2.31. The van der Waals surface area contributed by atoms with Crippen LogP contribution in [0.4, 0.5) is 5.82 Å². The number of carboxylic acids is 1. The summed E-state index contributed by atoms with van der Waals surface area (Å²) >= 11 is 0. The maximum atomic E-state index is 11.7. The average molecular weight is 237 g/mol. The minimum absolute atomic E-state index is 0.189. The summed E-state index contributed by atoms with van der Waals surface area (Å²) < 4.78 is 1.33. The fraction of sp³-hybridized carbons (Fsp3) is 0.545. The molecule has 0 fully saturated rings. The van der Waals surface area contributed by atoms with Crippen LogP contribution < -0.4 is 10.9 Å². The highest BCUT2D eigenvalue weighted by atomic mass is 16.4. The third-order valence-corrected chi connectivity index (χ3v) is 2.78. The lowest BCUT2D eigenvalue weighted by molar-refractivity contribution is -0.140. The summed E-state index contributed by atoms with van der Waals surface area (Å²) in [5, 5.41) is 12.2. The van der Waals surface area contributed by atoms with E-state index in [1.54, 1.807) is 0 Å². The van der Waals surface area contributed by atoms with Gasteiger partial charge in [-0.05, 0) is 26.7 Å². The van der Waals surface area contributed by atoms with Gasteiger partial charge in [-0.2, -0.15) is 0 Å². The van der Waals surface area contributed by atoms with Gasteiger partial charge in [-0.1, -0.05) is 0 Å². The van der Waals surface area contributed by atoms with Gasteiger partial charge in [0.2, 0.25) is 0 Å². The van der Waals surface area contributed by atoms with E-state index in [2.05, 4.69) is 10.3 Å². The number of nitrogens with zero attached hydrogens (tertiary/aromatic N) is 2. The minimum atomic E-state index is -0.965. The zero-order valence-corrected chi connectivity index (χ0v) is 9.80. The molecular formula is C11H15N3O3. The SMILES string of the molecule is CC(C)Nc1ncc(=O)n2c1CCC2C(=O)O. The Labute approximate surface area is 98.3 Å². The van der Waals surface area contributed by atoms with Crippen molar-refractivity contribution in [2.75, 3.05) is 5.32 Å². The molecule has 0 saturated heterocycles. The summed E-state index contributed by atoms with van der Waals surface area (Å²) in [6.45, 7) is 3.93. The van der Waals surface area contributed by atoms with Gasteiger partial charge in [0, 0.05) is 6.04 Å². The van der Waals surface area contributed by atoms with Crippen LogP contribution in [0.5, 0.6) is 0 Å². The molecule has 1 aromatic rings. The molecule has 1 aromatic heterocycles. The van der Waals surface area contributed by atoms with Crippen molar-refractivity contribution < 1.29 is 9.90 Å². The van der Waals surface area contributed by atoms with Crippen LogP contribution in [0.2, 0.25) is 0 Å². The van der Waals surface area contributed by atoms with Crippen molar-refractivity contribution in [3.8, 4) is 0 Å². The van der Waals surface area contributed by atoms with E-state index in [4.69, 9.17) is 5.11 Å². The van der Waals surface area contributed by atoms with E-state index in [0.29, 0.717) is 24.4 Å². The van der Waals surface area contributed by atoms with Crippen LogP contribution >= 0.6 is 0 Å². The standard InChI is InChI=1S/C11H15N3O3/c1-6(2)13-10-7-3-4-8(11(16)17)14(7)9(15)5-12-10/h5-6,8,13H,3-4H2,1-2H3,(H,16,17). The monoisotopic (exact) mass is 237 g/mol. The van der Waals surface area contributed by atoms with Crippen molar-refractivity contribution in [1.29, 1.82) is 0 Å². The Morgan fingerprint density at radius 1 is 1.65 bits per heavy atom. The van der Waals surface area contributed by atoms with E-state index in [1.165, 1.54) is 10.8 Å². The molecule has 1 atom stereocenters. The highest BCUT2D eigenvalue weighted by Crippen LogP contribution is 2.27. The van der Waals surface area contributed by atoms with Gasteiger partial charge in [0.25, 0.3) is 5.56 Å². The van der Waals surface area contributed by atoms with Gasteiger partial charge in [-0.15, -0.1) is 0 Å². The molecule has 0 saturated carbocycles. The second-order valence-electron chi connectivity index (χ2n) is 4.45. The summed E-state index contributed by atoms with van der Waals surface area (Å²) in [5.41, 5.74) is 0.345. The van der Waals surface area contributed by atoms with Crippen molar-refractivity contribution in [2.45, 2.75) is 38.8 Å². The fourth-order valence-electron chi connectivity index (χ4n) is 2.11. The summed E-state index contributed by atoms with van der Waals surface area (Å²) in [5.74, 6) is -0.351. The van der Waals surface area contributed by atoms with Gasteiger partial charge in [0.15, 0.2) is 0 Å². The number of nitrogens with one attached hydrogen (secondary N) is 1. The first-order chi connectivity index (χ1) is 8.00. The molecule has 0 radical (unpaired) electrons. The van der Waals surface area contributed by atoms with Crippen LogP contribution in [-0.4, -0.2) is 26.7 Å². The summed E-state index contributed by atoms with van der Waals surface area (Å²) in [7, 11) is 0. The molecule has 0 aliphatic carbocycles. The van der Waals surface area contributed by atoms with Crippen LogP contribution in [0.15, 0.2) is 11.0 Å². The number of aliphatic carboxylic acids is 1. The Hall–Kier alpha value is -1.85. The molecule has 1 aliphatic heterocycles. The Morgan fingerprint density at radius 2 is 2.35 bits per heavy atom. The molecule has 2 rings (SSSR count). The summed E-state index contributed by atoms with van der Waals surface area (Å²) in [6.07, 6.45) is 2.19. The quantitative estimate of drug-likeness (QED) is 0.805. The maximum Gasteiger partial charge on any atom is 0.326 e. The molecular weight excluding hydrogens is 222 g/mol. The molecule has 1 unspecified atom stereocenters. The van der Waals surface area contributed by atoms with Gasteiger partial charge in [0.05, 0.1) is 11.9 Å². The van der Waals surface area contributed by atoms with Gasteiger partial charge in [-0.3, -0.25) is 9.36 Å². The largest absolute Gasteiger partial charge is 0.480 e. The molecule has 2 N–H and O–H groups in total. The van der Waals surface area contributed by atoms with Crippen molar-refractivity contribution >= 4 is 11.8 Å². The molecule has 92 valence electrons. The lowest BCUT2D eigenvalue weighted by Gasteiger charge is -2.14. The van der Waals surface area contributed by atoms with Crippen molar-refractivity contribution in [3.63, 3.8) is 0 Å². The van der Waals surface area contributed by atoms with Crippen LogP contribution in [0.1, 0.15) is 32.0 Å². The number of hydrogen-bond acceptors (Lipinski definition) is 4. The predicted octanol–water partition coefficient (Wildman–Crippen LogP) is 0.635. The Balaban J connectivity index is 2.50. The van der Waals surface area contributed by atoms with Crippen molar-refractivity contribution in [3.05, 3.63) is 22.2 Å². The molecule has 0 bridgehead atoms. The first-order valence-corrected chi connectivity index (χ1v) is 5.60. The van der Waals surface area contributed by atoms with E-state index in [-0.39, 0.29) is 11.6 Å². The van der Waals surface area contributed by atoms with E-state index >= 15 is 0 Å². The number of anilines is 1. The summed E-state index contributed by atoms with van der Waals surface area (Å²) in [4.78, 5) is 26.8. The molecule has 0 amide bonds. The normalized spacial score (nSPS) is 18.2. The van der Waals surface area contributed by atoms with E-state index in [9.17, 15) is 9.59 Å². The zero-order chi connectivity index (χ0) is 12.6. The molecule has 0 spiro atoms. The smallest absolute Gasteiger partial charge is 0.326 e. The summed E-state index contributed by atoms with van der Waals surface area (Å²) in [6, 6.07) is -0.568. The Bertz CT molecular complexity index is 507. The zero-order valence-electron chi connectivity index (χ0n) is 9.80. The number of fused-ring (bicyclic) bond motifs is 1. The minimum Gasteiger partial charge on any atom is -0.480 e. The average Bonchev–Trinajstić information content (AvgIpc) is 2.67. The first kappa shape index (κ1) is 11.6. The van der Waals surface area contributed by atoms with Crippen molar-refractivity contribution in [1.82, 2.24) is 9.55 Å². The molecule has 2 heterocycles. The maximum absolute atomic E-state index is 11.7. The Morgan fingerprint density at radius 3 is 2.94 bits per heavy atom. The third-order valence-electron chi connectivity index (χ3n) is 2.78. The van der Waals surface area contributed by atoms with Crippen LogP contribution in [0, 0.1) is 0 Å². The highest BCUT2D eigenvalue weighted by molar-refractivity contribution is 5.73. The molecule has 0 aromatic carbocycles. The van der Waals surface area contributed by atoms with Crippen LogP contribution in [0.25, 0.3) is 0 Å². The fourth-order valence-corrected chi connectivity index (χ4v) is 2.11. The first-order valence-electron chi connectivity index (χ1n) is 5.60. The van der Waals surface area contributed by atoms with Gasteiger partial charge >= 0.3 is 5.97 Å². The van der Waals surface area contributed by atoms with Gasteiger partial charge < -0.3 is 10.4 Å². The van der Waals surface area contributed by atoms with Gasteiger partial charge in [0.1, 0.15) is 11.9 Å². The predicted molar refractivity (Wildman–Crippen MR) is 62.2 cm³/mol. The topological polar surface area (TPSA) is 84.2 Å². The lowest BCUT2D eigenvalue weighted by Crippen LogP contribution is -2.29. The second-order valence-corrected chi connectivity index (χ2v) is 4.45. The molecule has 17 heavy (non-hydrogen) atoms. The van der Waals surface area contributed by atoms with Crippen molar-refractivity contribution in [2.24, 2.45) is 0 Å². The second kappa shape index (κ2) is 4.20. The van der Waals surface area contributed by atoms with E-state index < -0.39 is 12.0 Å². The number of hydrogen-bond donors (Lipinski definition) is 2. The number of carboxylic acid groups (broad SMARTS) is 1. The number of carbonyl (C=O) groups is 1. The molecule has 6 heteroatoms. The number of rotatable bonds is 3. The van der Waals surface area contributed by atoms with Crippen LogP contribution in [-0.2, 0) is 11.2 Å². The third kappa shape index (κ3) is 2.02.